The number of hydrogen-bond donors (Lipinski definition) is 0. The predicted octanol–water partition coefficient (Wildman–Crippen LogP) is 3.39. The van der Waals surface area contributed by atoms with E-state index in [4.69, 9.17) is 4.74 Å². The van der Waals surface area contributed by atoms with Crippen molar-refractivity contribution in [3.63, 3.8) is 0 Å². The van der Waals surface area contributed by atoms with Crippen LogP contribution >= 0.6 is 0 Å². The first-order valence-corrected chi connectivity index (χ1v) is 11.0. The van der Waals surface area contributed by atoms with E-state index in [-0.39, 0.29) is 22.5 Å². The number of hydrogen-bond acceptors (Lipinski definition) is 4. The Balaban J connectivity index is 1.66. The van der Waals surface area contributed by atoms with Gasteiger partial charge in [-0.1, -0.05) is 18.2 Å². The Morgan fingerprint density at radius 1 is 1.04 bits per heavy atom. The Hall–Kier alpha value is -2.34. The lowest BCUT2D eigenvalue weighted by atomic mass is 10.1. The van der Waals surface area contributed by atoms with Crippen LogP contribution in [0.4, 0.5) is 0 Å². The van der Waals surface area contributed by atoms with Crippen LogP contribution < -0.4 is 4.74 Å². The summed E-state index contributed by atoms with van der Waals surface area (Å²) in [4.78, 5) is 14.6. The van der Waals surface area contributed by atoms with Gasteiger partial charge < -0.3 is 9.64 Å². The van der Waals surface area contributed by atoms with Gasteiger partial charge in [-0.05, 0) is 49.2 Å². The molecule has 0 unspecified atom stereocenters. The molecule has 0 bridgehead atoms. The molecule has 0 atom stereocenters. The summed E-state index contributed by atoms with van der Waals surface area (Å²) in [7, 11) is -3.45. The summed E-state index contributed by atoms with van der Waals surface area (Å²) in [5.74, 6) is 0.617. The summed E-state index contributed by atoms with van der Waals surface area (Å²) in [6.45, 7) is 5.22. The number of carbonyl (C=O) groups excluding carboxylic acids is 1. The molecule has 5 nitrogen and oxygen atoms in total. The first kappa shape index (κ1) is 19.4. The van der Waals surface area contributed by atoms with Gasteiger partial charge in [0.25, 0.3) is 5.91 Å². The molecule has 0 N–H and O–H groups in total. The molecule has 0 saturated carbocycles. The maximum absolute atomic E-state index is 12.8. The zero-order valence-corrected chi connectivity index (χ0v) is 16.8. The molecule has 0 radical (unpaired) electrons. The highest BCUT2D eigenvalue weighted by atomic mass is 32.2. The van der Waals surface area contributed by atoms with E-state index < -0.39 is 9.84 Å². The average Bonchev–Trinajstić information content (AvgIpc) is 2.64. The summed E-state index contributed by atoms with van der Waals surface area (Å²) in [6, 6.07) is 12.5. The van der Waals surface area contributed by atoms with Gasteiger partial charge in [0.05, 0.1) is 10.5 Å². The molecule has 1 saturated heterocycles. The van der Waals surface area contributed by atoms with Crippen molar-refractivity contribution in [2.45, 2.75) is 37.7 Å². The van der Waals surface area contributed by atoms with Crippen molar-refractivity contribution < 1.29 is 17.9 Å². The largest absolute Gasteiger partial charge is 0.490 e. The second-order valence-electron chi connectivity index (χ2n) is 7.12. The first-order chi connectivity index (χ1) is 12.8. The average molecular weight is 388 g/mol. The van der Waals surface area contributed by atoms with Crippen molar-refractivity contribution >= 4 is 15.7 Å². The third kappa shape index (κ3) is 4.50. The normalized spacial score (nSPS) is 15.6. The van der Waals surface area contributed by atoms with Gasteiger partial charge in [-0.3, -0.25) is 4.79 Å². The zero-order valence-electron chi connectivity index (χ0n) is 15.9. The Bertz CT molecular complexity index is 944. The molecule has 0 spiro atoms. The van der Waals surface area contributed by atoms with Gasteiger partial charge in [0.2, 0.25) is 0 Å². The van der Waals surface area contributed by atoms with Gasteiger partial charge >= 0.3 is 0 Å². The van der Waals surface area contributed by atoms with Crippen LogP contribution in [-0.2, 0) is 9.84 Å². The van der Waals surface area contributed by atoms with E-state index in [1.54, 1.807) is 23.1 Å². The number of ether oxygens (including phenoxy) is 1. The van der Waals surface area contributed by atoms with Crippen LogP contribution in [0.15, 0.2) is 47.4 Å². The molecule has 1 aliphatic heterocycles. The van der Waals surface area contributed by atoms with Gasteiger partial charge in [-0.15, -0.1) is 0 Å². The Kier molecular flexibility index (Phi) is 5.56. The van der Waals surface area contributed by atoms with Crippen LogP contribution in [0.5, 0.6) is 5.75 Å². The summed E-state index contributed by atoms with van der Waals surface area (Å²) in [5.41, 5.74) is 2.67. The highest BCUT2D eigenvalue weighted by Crippen LogP contribution is 2.24. The molecule has 2 aromatic carbocycles. The fraction of sp³-hybridized carbons (Fsp3) is 0.381. The van der Waals surface area contributed by atoms with Crippen molar-refractivity contribution in [3.8, 4) is 5.75 Å². The van der Waals surface area contributed by atoms with Gasteiger partial charge in [0.1, 0.15) is 11.9 Å². The fourth-order valence-corrected chi connectivity index (χ4v) is 4.17. The Labute approximate surface area is 160 Å². The number of benzene rings is 2. The van der Waals surface area contributed by atoms with Crippen molar-refractivity contribution in [3.05, 3.63) is 59.2 Å². The third-order valence-corrected chi connectivity index (χ3v) is 6.18. The van der Waals surface area contributed by atoms with Gasteiger partial charge in [0, 0.05) is 32.2 Å². The lowest BCUT2D eigenvalue weighted by molar-refractivity contribution is 0.0592. The highest BCUT2D eigenvalue weighted by molar-refractivity contribution is 7.90. The first-order valence-electron chi connectivity index (χ1n) is 9.08. The monoisotopic (exact) mass is 387 g/mol. The molecule has 0 aromatic heterocycles. The molecule has 1 amide bonds. The molecule has 27 heavy (non-hydrogen) atoms. The van der Waals surface area contributed by atoms with Gasteiger partial charge in [0.15, 0.2) is 9.84 Å². The number of rotatable bonds is 4. The maximum Gasteiger partial charge on any atom is 0.255 e. The van der Waals surface area contributed by atoms with E-state index in [1.165, 1.54) is 17.2 Å². The lowest BCUT2D eigenvalue weighted by Gasteiger charge is -2.32. The number of nitrogens with zero attached hydrogens (tertiary/aromatic N) is 1. The van der Waals surface area contributed by atoms with E-state index in [1.807, 2.05) is 18.2 Å². The third-order valence-electron chi connectivity index (χ3n) is 5.03. The van der Waals surface area contributed by atoms with E-state index >= 15 is 0 Å². The van der Waals surface area contributed by atoms with Gasteiger partial charge in [-0.2, -0.15) is 0 Å². The van der Waals surface area contributed by atoms with Gasteiger partial charge in [-0.25, -0.2) is 8.42 Å². The highest BCUT2D eigenvalue weighted by Gasteiger charge is 2.27. The molecule has 1 fully saturated rings. The van der Waals surface area contributed by atoms with E-state index in [2.05, 4.69) is 13.8 Å². The van der Waals surface area contributed by atoms with Crippen molar-refractivity contribution in [2.75, 3.05) is 19.3 Å². The molecule has 0 aliphatic carbocycles. The number of aryl methyl sites for hydroxylation is 2. The molecule has 6 heteroatoms. The second kappa shape index (κ2) is 7.72. The minimum absolute atomic E-state index is 0.0568. The summed E-state index contributed by atoms with van der Waals surface area (Å²) < 4.78 is 30.0. The molecule has 2 aromatic rings. The number of likely N-dealkylation sites (tertiary alicyclic amines) is 1. The van der Waals surface area contributed by atoms with E-state index in [0.29, 0.717) is 13.1 Å². The number of carbonyl (C=O) groups is 1. The lowest BCUT2D eigenvalue weighted by Crippen LogP contribution is -2.42. The smallest absolute Gasteiger partial charge is 0.255 e. The van der Waals surface area contributed by atoms with Crippen molar-refractivity contribution in [1.29, 1.82) is 0 Å². The van der Waals surface area contributed by atoms with Crippen LogP contribution in [0.1, 0.15) is 34.3 Å². The fourth-order valence-electron chi connectivity index (χ4n) is 3.29. The molecule has 1 aliphatic rings. The van der Waals surface area contributed by atoms with Crippen molar-refractivity contribution in [1.82, 2.24) is 4.90 Å². The molecule has 144 valence electrons. The molecule has 1 heterocycles. The number of piperidine rings is 1. The minimum atomic E-state index is -3.45. The van der Waals surface area contributed by atoms with Crippen LogP contribution in [0, 0.1) is 13.8 Å². The molecular weight excluding hydrogens is 362 g/mol. The van der Waals surface area contributed by atoms with E-state index in [0.717, 1.165) is 24.8 Å². The van der Waals surface area contributed by atoms with Crippen LogP contribution in [-0.4, -0.2) is 44.7 Å². The minimum Gasteiger partial charge on any atom is -0.490 e. The van der Waals surface area contributed by atoms with Crippen molar-refractivity contribution in [2.24, 2.45) is 0 Å². The summed E-state index contributed by atoms with van der Waals surface area (Å²) >= 11 is 0. The summed E-state index contributed by atoms with van der Waals surface area (Å²) in [6.07, 6.45) is 2.63. The van der Waals surface area contributed by atoms with Crippen LogP contribution in [0.25, 0.3) is 0 Å². The topological polar surface area (TPSA) is 63.7 Å². The van der Waals surface area contributed by atoms with E-state index in [9.17, 15) is 13.2 Å². The summed E-state index contributed by atoms with van der Waals surface area (Å²) in [5, 5.41) is 0. The second-order valence-corrected chi connectivity index (χ2v) is 9.11. The Morgan fingerprint density at radius 2 is 1.70 bits per heavy atom. The maximum atomic E-state index is 12.8. The quantitative estimate of drug-likeness (QED) is 0.807. The van der Waals surface area contributed by atoms with Crippen LogP contribution in [0.2, 0.25) is 0 Å². The Morgan fingerprint density at radius 3 is 2.33 bits per heavy atom. The number of sulfone groups is 1. The van der Waals surface area contributed by atoms with Crippen LogP contribution in [0.3, 0.4) is 0 Å². The standard InChI is InChI=1S/C21H25NO4S/c1-15-8-9-18(14-16(15)2)26-17-10-12-22(13-11-17)21(23)19-6-4-5-7-20(19)27(3,24)25/h4-9,14,17H,10-13H2,1-3H3. The SMILES string of the molecule is Cc1ccc(OC2CCN(C(=O)c3ccccc3S(C)(=O)=O)CC2)cc1C. The zero-order chi connectivity index (χ0) is 19.6. The molecule has 3 rings (SSSR count). The molecular formula is C21H25NO4S. The number of amides is 1. The predicted molar refractivity (Wildman–Crippen MR) is 105 cm³/mol.